The Balaban J connectivity index is 1.92. The molecule has 2 aliphatic carbocycles. The highest BCUT2D eigenvalue weighted by atomic mass is 16.5. The number of hydrogen-bond acceptors (Lipinski definition) is 2. The highest BCUT2D eigenvalue weighted by Crippen LogP contribution is 2.50. The fourth-order valence-electron chi connectivity index (χ4n) is 3.48. The average Bonchev–Trinajstić information content (AvgIpc) is 2.64. The van der Waals surface area contributed by atoms with E-state index in [9.17, 15) is 5.11 Å². The molecule has 2 heteroatoms. The third-order valence-electron chi connectivity index (χ3n) is 4.29. The number of ether oxygens (including phenoxy) is 1. The lowest BCUT2D eigenvalue weighted by Gasteiger charge is -2.35. The lowest BCUT2D eigenvalue weighted by atomic mass is 9.71. The van der Waals surface area contributed by atoms with Crippen molar-refractivity contribution >= 4 is 0 Å². The molecule has 3 rings (SSSR count). The van der Waals surface area contributed by atoms with Crippen LogP contribution in [-0.2, 0) is 4.74 Å². The Morgan fingerprint density at radius 1 is 1.13 bits per heavy atom. The summed E-state index contributed by atoms with van der Waals surface area (Å²) in [5.74, 6) is 1.16. The smallest absolute Gasteiger partial charge is 0.0984 e. The van der Waals surface area contributed by atoms with Crippen molar-refractivity contribution in [3.05, 3.63) is 24.3 Å². The molecular weight excluding hydrogens is 188 g/mol. The molecule has 1 fully saturated rings. The van der Waals surface area contributed by atoms with Crippen molar-refractivity contribution in [2.75, 3.05) is 6.61 Å². The van der Waals surface area contributed by atoms with E-state index in [1.807, 2.05) is 0 Å². The summed E-state index contributed by atoms with van der Waals surface area (Å²) in [6, 6.07) is 0. The van der Waals surface area contributed by atoms with E-state index in [1.165, 1.54) is 0 Å². The first-order valence-electron chi connectivity index (χ1n) is 5.94. The molecule has 0 bridgehead atoms. The summed E-state index contributed by atoms with van der Waals surface area (Å²) in [7, 11) is 0. The quantitative estimate of drug-likeness (QED) is 0.665. The predicted octanol–water partition coefficient (Wildman–Crippen LogP) is 2.05. The monoisotopic (exact) mass is 206 g/mol. The zero-order valence-corrected chi connectivity index (χ0v) is 8.93. The van der Waals surface area contributed by atoms with Crippen molar-refractivity contribution in [1.29, 1.82) is 0 Å². The highest BCUT2D eigenvalue weighted by Gasteiger charge is 2.53. The second-order valence-electron chi connectivity index (χ2n) is 5.00. The molecule has 1 N–H and O–H groups in total. The molecule has 4 atom stereocenters. The van der Waals surface area contributed by atoms with Crippen molar-refractivity contribution in [3.63, 3.8) is 0 Å². The van der Waals surface area contributed by atoms with Gasteiger partial charge in [-0.1, -0.05) is 24.3 Å². The number of allylic oxidation sites excluding steroid dienone is 2. The van der Waals surface area contributed by atoms with Crippen LogP contribution in [0.3, 0.4) is 0 Å². The van der Waals surface area contributed by atoms with Gasteiger partial charge in [0.25, 0.3) is 0 Å². The molecule has 0 amide bonds. The fraction of sp³-hybridized carbons (Fsp3) is 0.692. The first-order valence-corrected chi connectivity index (χ1v) is 5.94. The molecule has 0 aromatic rings. The number of fused-ring (bicyclic) bond motifs is 3. The van der Waals surface area contributed by atoms with Gasteiger partial charge < -0.3 is 9.84 Å². The maximum atomic E-state index is 9.62. The number of aliphatic hydroxyl groups excluding tert-OH is 1. The van der Waals surface area contributed by atoms with Gasteiger partial charge in [-0.05, 0) is 37.5 Å². The Bertz CT molecular complexity index is 308. The van der Waals surface area contributed by atoms with Gasteiger partial charge in [-0.3, -0.25) is 0 Å². The van der Waals surface area contributed by atoms with Crippen LogP contribution in [0.25, 0.3) is 0 Å². The Morgan fingerprint density at radius 3 is 2.80 bits per heavy atom. The van der Waals surface area contributed by atoms with E-state index < -0.39 is 0 Å². The predicted molar refractivity (Wildman–Crippen MR) is 58.4 cm³/mol. The Morgan fingerprint density at radius 2 is 1.93 bits per heavy atom. The van der Waals surface area contributed by atoms with Crippen LogP contribution in [-0.4, -0.2) is 23.4 Å². The first kappa shape index (κ1) is 9.61. The van der Waals surface area contributed by atoms with Gasteiger partial charge in [0.15, 0.2) is 0 Å². The summed E-state index contributed by atoms with van der Waals surface area (Å²) in [5.41, 5.74) is -0.254. The van der Waals surface area contributed by atoms with Crippen molar-refractivity contribution in [2.45, 2.75) is 37.4 Å². The zero-order valence-electron chi connectivity index (χ0n) is 8.93. The van der Waals surface area contributed by atoms with Crippen molar-refractivity contribution in [3.8, 4) is 0 Å². The number of rotatable bonds is 1. The van der Waals surface area contributed by atoms with Crippen LogP contribution < -0.4 is 0 Å². The summed E-state index contributed by atoms with van der Waals surface area (Å²) in [6.45, 7) is 0.176. The van der Waals surface area contributed by atoms with Crippen LogP contribution in [0, 0.1) is 11.8 Å². The molecule has 0 aromatic heterocycles. The van der Waals surface area contributed by atoms with E-state index in [2.05, 4.69) is 24.3 Å². The maximum Gasteiger partial charge on any atom is 0.0984 e. The minimum absolute atomic E-state index is 0.176. The van der Waals surface area contributed by atoms with E-state index >= 15 is 0 Å². The van der Waals surface area contributed by atoms with E-state index in [0.29, 0.717) is 17.9 Å². The normalized spacial score (nSPS) is 47.7. The zero-order chi connectivity index (χ0) is 10.3. The molecule has 1 aliphatic heterocycles. The molecule has 0 saturated carbocycles. The second-order valence-corrected chi connectivity index (χ2v) is 5.00. The SMILES string of the molecule is OC[C@]12CC=CC[C@H]1[C@@H]1CC=CC[C@H]1O2. The first-order chi connectivity index (χ1) is 7.36. The largest absolute Gasteiger partial charge is 0.393 e. The summed E-state index contributed by atoms with van der Waals surface area (Å²) >= 11 is 0. The molecule has 1 saturated heterocycles. The van der Waals surface area contributed by atoms with Crippen molar-refractivity contribution < 1.29 is 9.84 Å². The van der Waals surface area contributed by atoms with Crippen LogP contribution in [0.1, 0.15) is 25.7 Å². The topological polar surface area (TPSA) is 29.5 Å². The van der Waals surface area contributed by atoms with Gasteiger partial charge in [0.1, 0.15) is 0 Å². The van der Waals surface area contributed by atoms with E-state index in [-0.39, 0.29) is 12.2 Å². The molecule has 0 aromatic carbocycles. The maximum absolute atomic E-state index is 9.62. The molecule has 1 heterocycles. The lowest BCUT2D eigenvalue weighted by Crippen LogP contribution is -2.41. The Labute approximate surface area is 90.6 Å². The fourth-order valence-corrected chi connectivity index (χ4v) is 3.48. The van der Waals surface area contributed by atoms with Crippen LogP contribution in [0.15, 0.2) is 24.3 Å². The number of aliphatic hydroxyl groups is 1. The van der Waals surface area contributed by atoms with Gasteiger partial charge in [0.05, 0.1) is 18.3 Å². The molecule has 0 unspecified atom stereocenters. The third-order valence-corrected chi connectivity index (χ3v) is 4.29. The van der Waals surface area contributed by atoms with Gasteiger partial charge in [-0.2, -0.15) is 0 Å². The van der Waals surface area contributed by atoms with E-state index in [1.54, 1.807) is 0 Å². The second kappa shape index (κ2) is 3.46. The minimum Gasteiger partial charge on any atom is -0.393 e. The van der Waals surface area contributed by atoms with Crippen molar-refractivity contribution in [2.24, 2.45) is 11.8 Å². The molecule has 0 spiro atoms. The highest BCUT2D eigenvalue weighted by molar-refractivity contribution is 5.14. The van der Waals surface area contributed by atoms with E-state index in [4.69, 9.17) is 4.74 Å². The third kappa shape index (κ3) is 1.31. The van der Waals surface area contributed by atoms with Gasteiger partial charge in [0.2, 0.25) is 0 Å². The Hall–Kier alpha value is -0.600. The van der Waals surface area contributed by atoms with E-state index in [0.717, 1.165) is 25.7 Å². The number of hydrogen-bond donors (Lipinski definition) is 1. The molecule has 0 radical (unpaired) electrons. The molecule has 3 aliphatic rings. The van der Waals surface area contributed by atoms with Crippen LogP contribution >= 0.6 is 0 Å². The minimum atomic E-state index is -0.254. The van der Waals surface area contributed by atoms with Crippen LogP contribution in [0.2, 0.25) is 0 Å². The van der Waals surface area contributed by atoms with Gasteiger partial charge in [0, 0.05) is 0 Å². The summed E-state index contributed by atoms with van der Waals surface area (Å²) < 4.78 is 6.15. The molecular formula is C13H18O2. The van der Waals surface area contributed by atoms with Gasteiger partial charge in [-0.25, -0.2) is 0 Å². The Kier molecular flexibility index (Phi) is 2.22. The van der Waals surface area contributed by atoms with Gasteiger partial charge in [-0.15, -0.1) is 0 Å². The van der Waals surface area contributed by atoms with Crippen LogP contribution in [0.5, 0.6) is 0 Å². The average molecular weight is 206 g/mol. The van der Waals surface area contributed by atoms with Crippen LogP contribution in [0.4, 0.5) is 0 Å². The summed E-state index contributed by atoms with van der Waals surface area (Å²) in [5, 5.41) is 9.62. The lowest BCUT2D eigenvalue weighted by molar-refractivity contribution is -0.0896. The van der Waals surface area contributed by atoms with Crippen molar-refractivity contribution in [1.82, 2.24) is 0 Å². The summed E-state index contributed by atoms with van der Waals surface area (Å²) in [4.78, 5) is 0. The molecule has 15 heavy (non-hydrogen) atoms. The van der Waals surface area contributed by atoms with Gasteiger partial charge >= 0.3 is 0 Å². The summed E-state index contributed by atoms with van der Waals surface area (Å²) in [6.07, 6.45) is 13.4. The standard InChI is InChI=1S/C13H18O2/c14-9-13-8-4-3-6-11(13)10-5-1-2-7-12(10)15-13/h1-4,10-12,14H,5-9H2/t10-,11-,12+,13+/m0/s1. The molecule has 2 nitrogen and oxygen atoms in total. The molecule has 82 valence electrons.